The first-order valence-corrected chi connectivity index (χ1v) is 5.29. The van der Waals surface area contributed by atoms with E-state index in [1.54, 1.807) is 0 Å². The molecule has 1 unspecified atom stereocenters. The minimum absolute atomic E-state index is 0. The third kappa shape index (κ3) is 2.97. The second kappa shape index (κ2) is 5.55. The zero-order valence-corrected chi connectivity index (χ0v) is 10.1. The van der Waals surface area contributed by atoms with Crippen LogP contribution in [0.4, 0.5) is 0 Å². The molecule has 0 radical (unpaired) electrons. The predicted molar refractivity (Wildman–Crippen MR) is 67.7 cm³/mol. The van der Waals surface area contributed by atoms with Gasteiger partial charge in [-0.1, -0.05) is 42.4 Å². The highest BCUT2D eigenvalue weighted by Gasteiger charge is 2.20. The molecule has 1 nitrogen and oxygen atoms in total. The van der Waals surface area contributed by atoms with Gasteiger partial charge in [-0.2, -0.15) is 0 Å². The first-order chi connectivity index (χ1) is 6.77. The molecule has 1 aromatic carbocycles. The molecule has 2 rings (SSSR count). The molecule has 0 spiro atoms. The molecule has 82 valence electrons. The maximum atomic E-state index is 5.73. The number of benzene rings is 1. The van der Waals surface area contributed by atoms with Crippen LogP contribution in [0.3, 0.4) is 0 Å². The second-order valence-corrected chi connectivity index (χ2v) is 4.22. The smallest absolute Gasteiger partial charge is 0.0329 e. The van der Waals surface area contributed by atoms with Crippen molar-refractivity contribution in [1.82, 2.24) is 5.32 Å². The molecule has 0 fully saturated rings. The molecule has 0 aliphatic heterocycles. The molecule has 15 heavy (non-hydrogen) atoms. The zero-order chi connectivity index (χ0) is 9.97. The molecule has 0 saturated carbocycles. The normalized spacial score (nSPS) is 18.1. The molecule has 1 atom stereocenters. The predicted octanol–water partition coefficient (Wildman–Crippen LogP) is 3.44. The Kier molecular flexibility index (Phi) is 4.65. The maximum absolute atomic E-state index is 5.73. The Bertz CT molecular complexity index is 349. The summed E-state index contributed by atoms with van der Waals surface area (Å²) in [5.74, 6) is 0. The SMILES string of the molecule is Cl.[13CH2]=[13C](Cl)[13CH2]NC1CCc2ccccc21. The molecular weight excluding hydrogens is 232 g/mol. The highest BCUT2D eigenvalue weighted by Crippen LogP contribution is 2.30. The lowest BCUT2D eigenvalue weighted by molar-refractivity contribution is 0.562. The quantitative estimate of drug-likeness (QED) is 0.807. The Labute approximate surface area is 102 Å². The molecule has 1 aliphatic rings. The number of nitrogens with one attached hydrogen (secondary N) is 1. The number of hydrogen-bond acceptors (Lipinski definition) is 1. The van der Waals surface area contributed by atoms with E-state index in [4.69, 9.17) is 11.6 Å². The van der Waals surface area contributed by atoms with E-state index in [-0.39, 0.29) is 12.4 Å². The fourth-order valence-electron chi connectivity index (χ4n) is 2.00. The number of fused-ring (bicyclic) bond motifs is 1. The average Bonchev–Trinajstić information content (AvgIpc) is 2.58. The van der Waals surface area contributed by atoms with E-state index in [1.165, 1.54) is 24.0 Å². The summed E-state index contributed by atoms with van der Waals surface area (Å²) in [4.78, 5) is 0. The van der Waals surface area contributed by atoms with Crippen LogP contribution in [-0.4, -0.2) is 6.54 Å². The lowest BCUT2D eigenvalue weighted by atomic mass is 10.1. The van der Waals surface area contributed by atoms with Crippen molar-refractivity contribution in [2.45, 2.75) is 18.9 Å². The van der Waals surface area contributed by atoms with E-state index in [0.717, 1.165) is 0 Å². The Hall–Kier alpha value is -0.500. The topological polar surface area (TPSA) is 12.0 Å². The van der Waals surface area contributed by atoms with Crippen molar-refractivity contribution in [2.75, 3.05) is 6.54 Å². The largest absolute Gasteiger partial charge is 0.305 e. The number of halogens is 2. The Morgan fingerprint density at radius 2 is 2.20 bits per heavy atom. The molecule has 0 aromatic heterocycles. The fourth-order valence-corrected chi connectivity index (χ4v) is 2.08. The van der Waals surface area contributed by atoms with Gasteiger partial charge in [-0.25, -0.2) is 0 Å². The summed E-state index contributed by atoms with van der Waals surface area (Å²) in [5, 5.41) is 4.08. The Morgan fingerprint density at radius 3 is 2.93 bits per heavy atom. The van der Waals surface area contributed by atoms with Gasteiger partial charge in [0.2, 0.25) is 0 Å². The molecule has 0 bridgehead atoms. The molecule has 1 aliphatic carbocycles. The van der Waals surface area contributed by atoms with Gasteiger partial charge >= 0.3 is 0 Å². The van der Waals surface area contributed by atoms with Crippen LogP contribution in [-0.2, 0) is 6.42 Å². The van der Waals surface area contributed by atoms with Crippen molar-refractivity contribution in [3.63, 3.8) is 0 Å². The zero-order valence-electron chi connectivity index (χ0n) is 8.50. The van der Waals surface area contributed by atoms with Crippen molar-refractivity contribution in [3.8, 4) is 0 Å². The fraction of sp³-hybridized carbons (Fsp3) is 0.333. The van der Waals surface area contributed by atoms with Gasteiger partial charge in [0.25, 0.3) is 0 Å². The number of rotatable bonds is 3. The number of hydrogen-bond donors (Lipinski definition) is 1. The van der Waals surface area contributed by atoms with Crippen LogP contribution in [0.2, 0.25) is 0 Å². The highest BCUT2D eigenvalue weighted by atomic mass is 35.5. The van der Waals surface area contributed by atoms with Gasteiger partial charge in [-0.3, -0.25) is 0 Å². The van der Waals surface area contributed by atoms with Gasteiger partial charge in [-0.15, -0.1) is 12.4 Å². The molecular formula is C12H15Cl2N. The lowest BCUT2D eigenvalue weighted by Crippen LogP contribution is -2.20. The summed E-state index contributed by atoms with van der Waals surface area (Å²) in [5.41, 5.74) is 2.88. The van der Waals surface area contributed by atoms with Crippen LogP contribution in [0, 0.1) is 0 Å². The Balaban J connectivity index is 0.00000112. The van der Waals surface area contributed by atoms with E-state index in [0.29, 0.717) is 17.6 Å². The Morgan fingerprint density at radius 1 is 1.47 bits per heavy atom. The average molecular weight is 247 g/mol. The van der Waals surface area contributed by atoms with Crippen molar-refractivity contribution in [2.24, 2.45) is 0 Å². The highest BCUT2D eigenvalue weighted by molar-refractivity contribution is 6.29. The van der Waals surface area contributed by atoms with Crippen molar-refractivity contribution >= 4 is 24.0 Å². The summed E-state index contributed by atoms with van der Waals surface area (Å²) in [6, 6.07) is 9.04. The third-order valence-corrected chi connectivity index (χ3v) is 2.81. The van der Waals surface area contributed by atoms with Crippen molar-refractivity contribution in [1.29, 1.82) is 0 Å². The maximum Gasteiger partial charge on any atom is 0.0329 e. The van der Waals surface area contributed by atoms with E-state index in [1.807, 2.05) is 0 Å². The standard InChI is InChI=1S/C12H14ClN.ClH/c1-9(13)8-14-12-7-6-10-4-2-3-5-11(10)12;/h2-5,12,14H,1,6-8H2;1H/i1+1,8+1,9+1;. The lowest BCUT2D eigenvalue weighted by Gasteiger charge is -2.12. The van der Waals surface area contributed by atoms with E-state index < -0.39 is 0 Å². The van der Waals surface area contributed by atoms with Crippen LogP contribution < -0.4 is 5.32 Å². The summed E-state index contributed by atoms with van der Waals surface area (Å²) in [6.07, 6.45) is 2.34. The first-order valence-electron chi connectivity index (χ1n) is 4.92. The van der Waals surface area contributed by atoms with Gasteiger partial charge in [0.05, 0.1) is 0 Å². The molecule has 0 amide bonds. The van der Waals surface area contributed by atoms with Crippen molar-refractivity contribution in [3.05, 3.63) is 47.0 Å². The first kappa shape index (κ1) is 12.6. The van der Waals surface area contributed by atoms with Gasteiger partial charge in [0, 0.05) is 17.6 Å². The van der Waals surface area contributed by atoms with Crippen LogP contribution in [0.1, 0.15) is 23.6 Å². The molecule has 3 heteroatoms. The summed E-state index contributed by atoms with van der Waals surface area (Å²) < 4.78 is 0. The molecule has 0 saturated heterocycles. The van der Waals surface area contributed by atoms with E-state index >= 15 is 0 Å². The summed E-state index contributed by atoms with van der Waals surface area (Å²) in [6.45, 7) is 4.37. The summed E-state index contributed by atoms with van der Waals surface area (Å²) >= 11 is 5.73. The molecule has 0 heterocycles. The molecule has 1 N–H and O–H groups in total. The van der Waals surface area contributed by atoms with Gasteiger partial charge in [0.15, 0.2) is 0 Å². The number of aryl methyl sites for hydroxylation is 1. The van der Waals surface area contributed by atoms with Gasteiger partial charge < -0.3 is 5.32 Å². The van der Waals surface area contributed by atoms with Crippen LogP contribution in [0.15, 0.2) is 35.9 Å². The van der Waals surface area contributed by atoms with Gasteiger partial charge in [0.1, 0.15) is 0 Å². The van der Waals surface area contributed by atoms with E-state index in [2.05, 4.69) is 36.2 Å². The van der Waals surface area contributed by atoms with Crippen LogP contribution >= 0.6 is 24.0 Å². The van der Waals surface area contributed by atoms with E-state index in [9.17, 15) is 0 Å². The second-order valence-electron chi connectivity index (χ2n) is 3.69. The third-order valence-electron chi connectivity index (χ3n) is 2.67. The monoisotopic (exact) mass is 246 g/mol. The summed E-state index contributed by atoms with van der Waals surface area (Å²) in [7, 11) is 0. The van der Waals surface area contributed by atoms with Crippen LogP contribution in [0.5, 0.6) is 0 Å². The molecule has 1 aromatic rings. The van der Waals surface area contributed by atoms with Crippen molar-refractivity contribution < 1.29 is 0 Å². The van der Waals surface area contributed by atoms with Crippen LogP contribution in [0.25, 0.3) is 0 Å². The minimum atomic E-state index is 0. The van der Waals surface area contributed by atoms with Gasteiger partial charge in [-0.05, 0) is 24.0 Å². The minimum Gasteiger partial charge on any atom is -0.305 e.